The molecule has 1 aromatic heterocycles. The third-order valence-corrected chi connectivity index (χ3v) is 2.46. The molecule has 0 bridgehead atoms. The fourth-order valence-corrected chi connectivity index (χ4v) is 1.55. The molecule has 0 aliphatic carbocycles. The van der Waals surface area contributed by atoms with Gasteiger partial charge in [0.2, 0.25) is 0 Å². The van der Waals surface area contributed by atoms with E-state index in [0.29, 0.717) is 5.76 Å². The second-order valence-electron chi connectivity index (χ2n) is 3.88. The zero-order valence-electron chi connectivity index (χ0n) is 10.2. The van der Waals surface area contributed by atoms with Crippen LogP contribution in [0.25, 0.3) is 0 Å². The number of furan rings is 1. The minimum Gasteiger partial charge on any atom is -0.478 e. The van der Waals surface area contributed by atoms with E-state index in [1.54, 1.807) is 12.1 Å². The quantitative estimate of drug-likeness (QED) is 0.801. The standard InChI is InChI=1S/C13H11FN2O4/c14-8-3-4-10(12(17)18)11(6-8)16-13(19)15-7-9-2-1-5-20-9/h1-6H,7H2,(H,17,18)(H2,15,16,19). The average Bonchev–Trinajstić information content (AvgIpc) is 2.89. The summed E-state index contributed by atoms with van der Waals surface area (Å²) in [7, 11) is 0. The molecule has 1 heterocycles. The van der Waals surface area contributed by atoms with Crippen molar-refractivity contribution in [2.45, 2.75) is 6.54 Å². The largest absolute Gasteiger partial charge is 0.478 e. The van der Waals surface area contributed by atoms with Gasteiger partial charge in [0.25, 0.3) is 0 Å². The number of benzene rings is 1. The molecule has 1 aromatic carbocycles. The number of carbonyl (C=O) groups is 2. The molecule has 0 radical (unpaired) electrons. The summed E-state index contributed by atoms with van der Waals surface area (Å²) in [4.78, 5) is 22.6. The van der Waals surface area contributed by atoms with Crippen LogP contribution in [0.1, 0.15) is 16.1 Å². The monoisotopic (exact) mass is 278 g/mol. The maximum Gasteiger partial charge on any atom is 0.337 e. The first-order valence-corrected chi connectivity index (χ1v) is 5.66. The molecule has 0 atom stereocenters. The number of urea groups is 1. The molecule has 0 saturated carbocycles. The molecule has 0 fully saturated rings. The van der Waals surface area contributed by atoms with Crippen LogP contribution in [-0.2, 0) is 6.54 Å². The smallest absolute Gasteiger partial charge is 0.337 e. The van der Waals surface area contributed by atoms with E-state index < -0.39 is 17.8 Å². The van der Waals surface area contributed by atoms with Crippen molar-refractivity contribution in [3.63, 3.8) is 0 Å². The number of hydrogen-bond acceptors (Lipinski definition) is 3. The maximum atomic E-state index is 13.1. The average molecular weight is 278 g/mol. The molecule has 20 heavy (non-hydrogen) atoms. The van der Waals surface area contributed by atoms with Crippen LogP contribution < -0.4 is 10.6 Å². The van der Waals surface area contributed by atoms with E-state index in [1.807, 2.05) is 0 Å². The Bertz CT molecular complexity index is 625. The number of nitrogens with one attached hydrogen (secondary N) is 2. The van der Waals surface area contributed by atoms with Gasteiger partial charge < -0.3 is 20.2 Å². The Morgan fingerprint density at radius 2 is 2.10 bits per heavy atom. The lowest BCUT2D eigenvalue weighted by molar-refractivity contribution is 0.0698. The van der Waals surface area contributed by atoms with Gasteiger partial charge in [0, 0.05) is 0 Å². The lowest BCUT2D eigenvalue weighted by Crippen LogP contribution is -2.28. The van der Waals surface area contributed by atoms with Crippen molar-refractivity contribution in [1.82, 2.24) is 5.32 Å². The van der Waals surface area contributed by atoms with Gasteiger partial charge in [-0.2, -0.15) is 0 Å². The molecular formula is C13H11FN2O4. The second-order valence-corrected chi connectivity index (χ2v) is 3.88. The van der Waals surface area contributed by atoms with Crippen LogP contribution in [0.3, 0.4) is 0 Å². The summed E-state index contributed by atoms with van der Waals surface area (Å²) in [6.07, 6.45) is 1.46. The number of rotatable bonds is 4. The Hall–Kier alpha value is -2.83. The fraction of sp³-hybridized carbons (Fsp3) is 0.0769. The molecule has 2 rings (SSSR count). The van der Waals surface area contributed by atoms with E-state index in [4.69, 9.17) is 9.52 Å². The van der Waals surface area contributed by atoms with Gasteiger partial charge in [-0.25, -0.2) is 14.0 Å². The van der Waals surface area contributed by atoms with Gasteiger partial charge in [-0.05, 0) is 30.3 Å². The van der Waals surface area contributed by atoms with Gasteiger partial charge in [0.15, 0.2) is 0 Å². The first kappa shape index (κ1) is 13.6. The van der Waals surface area contributed by atoms with Crippen LogP contribution in [0.15, 0.2) is 41.0 Å². The van der Waals surface area contributed by atoms with E-state index in [9.17, 15) is 14.0 Å². The van der Waals surface area contributed by atoms with Crippen LogP contribution in [0.4, 0.5) is 14.9 Å². The number of hydrogen-bond donors (Lipinski definition) is 3. The first-order chi connectivity index (χ1) is 9.56. The Morgan fingerprint density at radius 1 is 1.30 bits per heavy atom. The van der Waals surface area contributed by atoms with E-state index in [1.165, 1.54) is 6.26 Å². The normalized spacial score (nSPS) is 10.1. The number of aromatic carboxylic acids is 1. The maximum absolute atomic E-state index is 13.1. The Kier molecular flexibility index (Phi) is 3.99. The number of anilines is 1. The second kappa shape index (κ2) is 5.87. The minimum absolute atomic E-state index is 0.116. The number of carboxylic acids is 1. The third kappa shape index (κ3) is 3.35. The number of halogens is 1. The molecule has 0 spiro atoms. The van der Waals surface area contributed by atoms with E-state index >= 15 is 0 Å². The summed E-state index contributed by atoms with van der Waals surface area (Å²) < 4.78 is 18.1. The summed E-state index contributed by atoms with van der Waals surface area (Å²) in [5, 5.41) is 13.7. The number of carbonyl (C=O) groups excluding carboxylic acids is 1. The van der Waals surface area contributed by atoms with E-state index in [2.05, 4.69) is 10.6 Å². The molecule has 7 heteroatoms. The van der Waals surface area contributed by atoms with Crippen LogP contribution in [0, 0.1) is 5.82 Å². The minimum atomic E-state index is -1.26. The van der Waals surface area contributed by atoms with Gasteiger partial charge in [-0.3, -0.25) is 0 Å². The van der Waals surface area contributed by atoms with Crippen molar-refractivity contribution < 1.29 is 23.5 Å². The van der Waals surface area contributed by atoms with Crippen LogP contribution in [-0.4, -0.2) is 17.1 Å². The first-order valence-electron chi connectivity index (χ1n) is 5.66. The van der Waals surface area contributed by atoms with Gasteiger partial charge in [0.1, 0.15) is 11.6 Å². The fourth-order valence-electron chi connectivity index (χ4n) is 1.55. The molecule has 0 unspecified atom stereocenters. The predicted octanol–water partition coefficient (Wildman–Crippen LogP) is 2.44. The molecule has 2 amide bonds. The Morgan fingerprint density at radius 3 is 2.75 bits per heavy atom. The van der Waals surface area contributed by atoms with Gasteiger partial charge >= 0.3 is 12.0 Å². The van der Waals surface area contributed by atoms with Crippen molar-refractivity contribution in [3.05, 3.63) is 53.7 Å². The zero-order chi connectivity index (χ0) is 14.5. The highest BCUT2D eigenvalue weighted by Crippen LogP contribution is 2.17. The third-order valence-electron chi connectivity index (χ3n) is 2.46. The van der Waals surface area contributed by atoms with Crippen molar-refractivity contribution in [2.24, 2.45) is 0 Å². The molecular weight excluding hydrogens is 267 g/mol. The van der Waals surface area contributed by atoms with Gasteiger partial charge in [0.05, 0.1) is 24.1 Å². The van der Waals surface area contributed by atoms with Crippen LogP contribution in [0.2, 0.25) is 0 Å². The molecule has 0 saturated heterocycles. The predicted molar refractivity (Wildman–Crippen MR) is 67.9 cm³/mol. The summed E-state index contributed by atoms with van der Waals surface area (Å²) >= 11 is 0. The highest BCUT2D eigenvalue weighted by molar-refractivity contribution is 5.99. The zero-order valence-corrected chi connectivity index (χ0v) is 10.2. The lowest BCUT2D eigenvalue weighted by atomic mass is 10.2. The SMILES string of the molecule is O=C(NCc1ccco1)Nc1cc(F)ccc1C(=O)O. The van der Waals surface area contributed by atoms with Crippen LogP contribution >= 0.6 is 0 Å². The topological polar surface area (TPSA) is 91.6 Å². The van der Waals surface area contributed by atoms with Crippen molar-refractivity contribution >= 4 is 17.7 Å². The summed E-state index contributed by atoms with van der Waals surface area (Å²) in [5.74, 6) is -1.36. The van der Waals surface area contributed by atoms with Gasteiger partial charge in [-0.15, -0.1) is 0 Å². The van der Waals surface area contributed by atoms with E-state index in [-0.39, 0.29) is 17.8 Å². The Balaban J connectivity index is 2.03. The molecule has 2 aromatic rings. The number of carboxylic acid groups (broad SMARTS) is 1. The molecule has 104 valence electrons. The lowest BCUT2D eigenvalue weighted by Gasteiger charge is -2.09. The van der Waals surface area contributed by atoms with E-state index in [0.717, 1.165) is 18.2 Å². The summed E-state index contributed by atoms with van der Waals surface area (Å²) in [5.41, 5.74) is -0.311. The highest BCUT2D eigenvalue weighted by atomic mass is 19.1. The van der Waals surface area contributed by atoms with Crippen LogP contribution in [0.5, 0.6) is 0 Å². The highest BCUT2D eigenvalue weighted by Gasteiger charge is 2.13. The van der Waals surface area contributed by atoms with Crippen molar-refractivity contribution in [3.8, 4) is 0 Å². The summed E-state index contributed by atoms with van der Waals surface area (Å²) in [6.45, 7) is 0.135. The Labute approximate surface area is 113 Å². The summed E-state index contributed by atoms with van der Waals surface area (Å²) in [6, 6.07) is 5.72. The molecule has 0 aliphatic heterocycles. The number of amides is 2. The molecule has 3 N–H and O–H groups in total. The van der Waals surface area contributed by atoms with Crippen molar-refractivity contribution in [2.75, 3.05) is 5.32 Å². The van der Waals surface area contributed by atoms with Crippen molar-refractivity contribution in [1.29, 1.82) is 0 Å². The molecule has 0 aliphatic rings. The molecule has 6 nitrogen and oxygen atoms in total. The van der Waals surface area contributed by atoms with Gasteiger partial charge in [-0.1, -0.05) is 0 Å².